The van der Waals surface area contributed by atoms with Crippen LogP contribution in [0, 0.1) is 6.92 Å². The van der Waals surface area contributed by atoms with Gasteiger partial charge in [-0.25, -0.2) is 0 Å². The predicted octanol–water partition coefficient (Wildman–Crippen LogP) is 1.32. The van der Waals surface area contributed by atoms with E-state index >= 15 is 0 Å². The molecule has 0 bridgehead atoms. The Labute approximate surface area is 115 Å². The van der Waals surface area contributed by atoms with E-state index in [1.807, 2.05) is 0 Å². The summed E-state index contributed by atoms with van der Waals surface area (Å²) in [4.78, 5) is 22.4. The number of carbonyl (C=O) groups excluding carboxylic acids is 2. The number of nitrogens with one attached hydrogen (secondary N) is 2. The molecule has 2 amide bonds. The second-order valence-electron chi connectivity index (χ2n) is 3.61. The number of carbonyl (C=O) groups is 2. The van der Waals surface area contributed by atoms with Crippen LogP contribution >= 0.6 is 23.2 Å². The highest BCUT2D eigenvalue weighted by Crippen LogP contribution is 2.28. The second-order valence-corrected chi connectivity index (χ2v) is 4.42. The van der Waals surface area contributed by atoms with Gasteiger partial charge in [0.05, 0.1) is 23.8 Å². The number of rotatable bonds is 4. The highest BCUT2D eigenvalue weighted by Gasteiger charge is 2.09. The summed E-state index contributed by atoms with van der Waals surface area (Å²) in [5, 5.41) is 5.78. The van der Waals surface area contributed by atoms with Crippen LogP contribution < -0.4 is 16.4 Å². The smallest absolute Gasteiger partial charge is 0.243 e. The summed E-state index contributed by atoms with van der Waals surface area (Å²) in [6.07, 6.45) is 0. The first kappa shape index (κ1) is 14.8. The number of hydrogen-bond donors (Lipinski definition) is 3. The molecule has 1 aromatic carbocycles. The van der Waals surface area contributed by atoms with E-state index in [0.29, 0.717) is 15.7 Å². The summed E-state index contributed by atoms with van der Waals surface area (Å²) < 4.78 is 0. The molecule has 0 saturated heterocycles. The lowest BCUT2D eigenvalue weighted by Gasteiger charge is -2.09. The van der Waals surface area contributed by atoms with E-state index in [9.17, 15) is 9.59 Å². The van der Waals surface area contributed by atoms with Crippen molar-refractivity contribution in [3.8, 4) is 0 Å². The summed E-state index contributed by atoms with van der Waals surface area (Å²) in [7, 11) is 0. The van der Waals surface area contributed by atoms with Crippen LogP contribution in [0.3, 0.4) is 0 Å². The molecule has 0 aliphatic rings. The van der Waals surface area contributed by atoms with Crippen LogP contribution in [0.4, 0.5) is 5.69 Å². The van der Waals surface area contributed by atoms with Crippen molar-refractivity contribution in [2.75, 3.05) is 18.4 Å². The Kier molecular flexibility index (Phi) is 5.40. The minimum absolute atomic E-state index is 0.162. The van der Waals surface area contributed by atoms with Crippen molar-refractivity contribution in [3.63, 3.8) is 0 Å². The van der Waals surface area contributed by atoms with Gasteiger partial charge in [0.1, 0.15) is 0 Å². The molecule has 4 N–H and O–H groups in total. The molecule has 0 radical (unpaired) electrons. The zero-order valence-electron chi connectivity index (χ0n) is 9.72. The molecule has 7 heteroatoms. The predicted molar refractivity (Wildman–Crippen MR) is 71.9 cm³/mol. The minimum Gasteiger partial charge on any atom is -0.346 e. The van der Waals surface area contributed by atoms with Crippen molar-refractivity contribution in [1.29, 1.82) is 0 Å². The SMILES string of the molecule is Cc1cc(Cl)c(NC(=O)CNC(=O)CN)cc1Cl. The van der Waals surface area contributed by atoms with Crippen LogP contribution in [0.15, 0.2) is 12.1 Å². The molecule has 5 nitrogen and oxygen atoms in total. The number of amides is 2. The highest BCUT2D eigenvalue weighted by molar-refractivity contribution is 6.36. The standard InChI is InChI=1S/C11H13Cl2N3O2/c1-6-2-8(13)9(3-7(6)12)16-11(18)5-15-10(17)4-14/h2-3H,4-5,14H2,1H3,(H,15,17)(H,16,18). The molecule has 18 heavy (non-hydrogen) atoms. The maximum atomic E-state index is 11.5. The lowest BCUT2D eigenvalue weighted by molar-refractivity contribution is -0.123. The van der Waals surface area contributed by atoms with Gasteiger partial charge < -0.3 is 16.4 Å². The third kappa shape index (κ3) is 4.18. The molecule has 0 unspecified atom stereocenters. The average molecular weight is 290 g/mol. The van der Waals surface area contributed by atoms with Crippen molar-refractivity contribution in [1.82, 2.24) is 5.32 Å². The Balaban J connectivity index is 2.65. The maximum absolute atomic E-state index is 11.5. The van der Waals surface area contributed by atoms with Gasteiger partial charge in [0.25, 0.3) is 0 Å². The Morgan fingerprint density at radius 2 is 1.89 bits per heavy atom. The fraction of sp³-hybridized carbons (Fsp3) is 0.273. The summed E-state index contributed by atoms with van der Waals surface area (Å²) >= 11 is 11.9. The molecule has 0 aliphatic heterocycles. The number of anilines is 1. The van der Waals surface area contributed by atoms with Gasteiger partial charge in [-0.15, -0.1) is 0 Å². The summed E-state index contributed by atoms with van der Waals surface area (Å²) in [5.41, 5.74) is 6.31. The zero-order valence-corrected chi connectivity index (χ0v) is 11.2. The fourth-order valence-corrected chi connectivity index (χ4v) is 1.62. The van der Waals surface area contributed by atoms with E-state index < -0.39 is 11.8 Å². The molecule has 1 aromatic rings. The largest absolute Gasteiger partial charge is 0.346 e. The van der Waals surface area contributed by atoms with Crippen molar-refractivity contribution in [3.05, 3.63) is 27.7 Å². The first-order chi connectivity index (χ1) is 8.43. The summed E-state index contributed by atoms with van der Waals surface area (Å²) in [6, 6.07) is 3.21. The molecule has 98 valence electrons. The van der Waals surface area contributed by atoms with Gasteiger partial charge >= 0.3 is 0 Å². The monoisotopic (exact) mass is 289 g/mol. The van der Waals surface area contributed by atoms with Crippen LogP contribution in [-0.4, -0.2) is 24.9 Å². The van der Waals surface area contributed by atoms with E-state index in [-0.39, 0.29) is 13.1 Å². The van der Waals surface area contributed by atoms with E-state index in [0.717, 1.165) is 5.56 Å². The number of nitrogens with two attached hydrogens (primary N) is 1. The van der Waals surface area contributed by atoms with Crippen LogP contribution in [0.1, 0.15) is 5.56 Å². The molecule has 1 rings (SSSR count). The third-order valence-corrected chi connectivity index (χ3v) is 2.87. The van der Waals surface area contributed by atoms with Crippen LogP contribution in [0.5, 0.6) is 0 Å². The van der Waals surface area contributed by atoms with Gasteiger partial charge in [-0.05, 0) is 24.6 Å². The topological polar surface area (TPSA) is 84.2 Å². The Hall–Kier alpha value is -1.30. The average Bonchev–Trinajstić information content (AvgIpc) is 2.33. The molecule has 0 aromatic heterocycles. The van der Waals surface area contributed by atoms with E-state index in [2.05, 4.69) is 10.6 Å². The van der Waals surface area contributed by atoms with Crippen LogP contribution in [0.25, 0.3) is 0 Å². The lowest BCUT2D eigenvalue weighted by atomic mass is 10.2. The van der Waals surface area contributed by atoms with E-state index in [1.165, 1.54) is 0 Å². The molecule has 0 spiro atoms. The Morgan fingerprint density at radius 1 is 1.22 bits per heavy atom. The maximum Gasteiger partial charge on any atom is 0.243 e. The van der Waals surface area contributed by atoms with E-state index in [1.54, 1.807) is 19.1 Å². The quantitative estimate of drug-likeness (QED) is 0.781. The molecular weight excluding hydrogens is 277 g/mol. The highest BCUT2D eigenvalue weighted by atomic mass is 35.5. The van der Waals surface area contributed by atoms with Gasteiger partial charge in [0.15, 0.2) is 0 Å². The number of hydrogen-bond acceptors (Lipinski definition) is 3. The van der Waals surface area contributed by atoms with Gasteiger partial charge in [0.2, 0.25) is 11.8 Å². The molecule has 0 saturated carbocycles. The first-order valence-electron chi connectivity index (χ1n) is 5.16. The van der Waals surface area contributed by atoms with Crippen molar-refractivity contribution in [2.24, 2.45) is 5.73 Å². The zero-order chi connectivity index (χ0) is 13.7. The van der Waals surface area contributed by atoms with Gasteiger partial charge in [0, 0.05) is 5.02 Å². The molecule has 0 fully saturated rings. The van der Waals surface area contributed by atoms with Gasteiger partial charge in [-0.1, -0.05) is 23.2 Å². The van der Waals surface area contributed by atoms with E-state index in [4.69, 9.17) is 28.9 Å². The molecule has 0 atom stereocenters. The number of benzene rings is 1. The van der Waals surface area contributed by atoms with Gasteiger partial charge in [-0.2, -0.15) is 0 Å². The Morgan fingerprint density at radius 3 is 2.50 bits per heavy atom. The Bertz CT molecular complexity index is 478. The fourth-order valence-electron chi connectivity index (χ4n) is 1.19. The first-order valence-corrected chi connectivity index (χ1v) is 5.92. The minimum atomic E-state index is -0.404. The van der Waals surface area contributed by atoms with Crippen molar-refractivity contribution < 1.29 is 9.59 Å². The normalized spacial score (nSPS) is 10.0. The number of halogens is 2. The van der Waals surface area contributed by atoms with Crippen LogP contribution in [-0.2, 0) is 9.59 Å². The molecule has 0 heterocycles. The molecule has 0 aliphatic carbocycles. The van der Waals surface area contributed by atoms with Crippen molar-refractivity contribution in [2.45, 2.75) is 6.92 Å². The lowest BCUT2D eigenvalue weighted by Crippen LogP contribution is -2.36. The second kappa shape index (κ2) is 6.58. The third-order valence-electron chi connectivity index (χ3n) is 2.15. The number of aryl methyl sites for hydroxylation is 1. The summed E-state index contributed by atoms with van der Waals surface area (Å²) in [5.74, 6) is -0.809. The van der Waals surface area contributed by atoms with Gasteiger partial charge in [-0.3, -0.25) is 9.59 Å². The van der Waals surface area contributed by atoms with Crippen LogP contribution in [0.2, 0.25) is 10.0 Å². The summed E-state index contributed by atoms with van der Waals surface area (Å²) in [6.45, 7) is 1.48. The molecular formula is C11H13Cl2N3O2. The van der Waals surface area contributed by atoms with Crippen molar-refractivity contribution >= 4 is 40.7 Å².